The largest absolute Gasteiger partial charge is 0.355 e. The standard InChI is InChI=1S/C16H24N4/c1-12-6-5-7-14(10-12)11-19(3)16-15(8-9-17)13(2)18-20(16)4/h5-7,10H,8-9,11,17H2,1-4H3. The summed E-state index contributed by atoms with van der Waals surface area (Å²) in [6.45, 7) is 5.70. The molecule has 0 fully saturated rings. The molecule has 0 radical (unpaired) electrons. The second-order valence-corrected chi connectivity index (χ2v) is 5.39. The van der Waals surface area contributed by atoms with Crippen molar-refractivity contribution < 1.29 is 0 Å². The Morgan fingerprint density at radius 3 is 2.70 bits per heavy atom. The summed E-state index contributed by atoms with van der Waals surface area (Å²) in [6.07, 6.45) is 0.868. The molecule has 0 bridgehead atoms. The van der Waals surface area contributed by atoms with Gasteiger partial charge < -0.3 is 10.6 Å². The van der Waals surface area contributed by atoms with E-state index in [1.54, 1.807) is 0 Å². The zero-order valence-corrected chi connectivity index (χ0v) is 12.8. The van der Waals surface area contributed by atoms with Crippen molar-refractivity contribution in [2.75, 3.05) is 18.5 Å². The van der Waals surface area contributed by atoms with Crippen LogP contribution in [0.15, 0.2) is 24.3 Å². The van der Waals surface area contributed by atoms with E-state index in [9.17, 15) is 0 Å². The van der Waals surface area contributed by atoms with Crippen molar-refractivity contribution >= 4 is 5.82 Å². The van der Waals surface area contributed by atoms with Crippen LogP contribution in [0, 0.1) is 13.8 Å². The highest BCUT2D eigenvalue weighted by Crippen LogP contribution is 2.24. The summed E-state index contributed by atoms with van der Waals surface area (Å²) < 4.78 is 1.95. The molecule has 1 heterocycles. The van der Waals surface area contributed by atoms with Gasteiger partial charge in [-0.1, -0.05) is 29.8 Å². The average molecular weight is 272 g/mol. The van der Waals surface area contributed by atoms with Crippen molar-refractivity contribution in [2.45, 2.75) is 26.8 Å². The number of aryl methyl sites for hydroxylation is 3. The van der Waals surface area contributed by atoms with E-state index < -0.39 is 0 Å². The minimum absolute atomic E-state index is 0.651. The first-order chi connectivity index (χ1) is 9.52. The first-order valence-corrected chi connectivity index (χ1v) is 7.02. The number of benzene rings is 1. The molecule has 0 spiro atoms. The van der Waals surface area contributed by atoms with Crippen molar-refractivity contribution in [3.8, 4) is 0 Å². The Bertz CT molecular complexity index is 586. The number of nitrogens with zero attached hydrogens (tertiary/aromatic N) is 3. The molecule has 4 heteroatoms. The molecule has 2 N–H and O–H groups in total. The predicted molar refractivity (Wildman–Crippen MR) is 84.0 cm³/mol. The molecule has 0 amide bonds. The lowest BCUT2D eigenvalue weighted by Crippen LogP contribution is -2.21. The SMILES string of the molecule is Cc1cccc(CN(C)c2c(CCN)c(C)nn2C)c1. The Morgan fingerprint density at radius 2 is 2.05 bits per heavy atom. The van der Waals surface area contributed by atoms with Gasteiger partial charge in [0.05, 0.1) is 5.69 Å². The quantitative estimate of drug-likeness (QED) is 0.907. The molecule has 0 saturated heterocycles. The Kier molecular flexibility index (Phi) is 4.45. The molecular weight excluding hydrogens is 248 g/mol. The molecule has 0 saturated carbocycles. The number of rotatable bonds is 5. The molecule has 1 aromatic heterocycles. The molecule has 0 atom stereocenters. The molecule has 0 unspecified atom stereocenters. The summed E-state index contributed by atoms with van der Waals surface area (Å²) in [4.78, 5) is 2.25. The maximum Gasteiger partial charge on any atom is 0.130 e. The molecular formula is C16H24N4. The van der Waals surface area contributed by atoms with Crippen LogP contribution in [0.5, 0.6) is 0 Å². The van der Waals surface area contributed by atoms with Crippen LogP contribution in [0.2, 0.25) is 0 Å². The van der Waals surface area contributed by atoms with Crippen LogP contribution in [0.4, 0.5) is 5.82 Å². The van der Waals surface area contributed by atoms with Crippen LogP contribution in [0.1, 0.15) is 22.4 Å². The smallest absolute Gasteiger partial charge is 0.130 e. The third-order valence-electron chi connectivity index (χ3n) is 3.57. The topological polar surface area (TPSA) is 47.1 Å². The number of hydrogen-bond acceptors (Lipinski definition) is 3. The number of aromatic nitrogens is 2. The second kappa shape index (κ2) is 6.09. The van der Waals surface area contributed by atoms with Gasteiger partial charge in [0, 0.05) is 26.2 Å². The van der Waals surface area contributed by atoms with Gasteiger partial charge in [0.1, 0.15) is 5.82 Å². The maximum atomic E-state index is 5.72. The van der Waals surface area contributed by atoms with Gasteiger partial charge in [-0.15, -0.1) is 0 Å². The van der Waals surface area contributed by atoms with Crippen molar-refractivity contribution in [3.63, 3.8) is 0 Å². The van der Waals surface area contributed by atoms with Crippen LogP contribution >= 0.6 is 0 Å². The number of hydrogen-bond donors (Lipinski definition) is 1. The third kappa shape index (κ3) is 3.02. The fourth-order valence-corrected chi connectivity index (χ4v) is 2.76. The summed E-state index contributed by atoms with van der Waals surface area (Å²) in [5, 5.41) is 4.53. The van der Waals surface area contributed by atoms with E-state index in [2.05, 4.69) is 55.2 Å². The molecule has 0 aliphatic heterocycles. The third-order valence-corrected chi connectivity index (χ3v) is 3.57. The van der Waals surface area contributed by atoms with Gasteiger partial charge in [0.25, 0.3) is 0 Å². The summed E-state index contributed by atoms with van der Waals surface area (Å²) in [6, 6.07) is 8.61. The normalized spacial score (nSPS) is 10.8. The predicted octanol–water partition coefficient (Wildman–Crippen LogP) is 2.17. The zero-order chi connectivity index (χ0) is 14.7. The molecule has 4 nitrogen and oxygen atoms in total. The second-order valence-electron chi connectivity index (χ2n) is 5.39. The van der Waals surface area contributed by atoms with Gasteiger partial charge in [-0.05, 0) is 32.4 Å². The van der Waals surface area contributed by atoms with Gasteiger partial charge in [0.2, 0.25) is 0 Å². The van der Waals surface area contributed by atoms with E-state index in [4.69, 9.17) is 5.73 Å². The van der Waals surface area contributed by atoms with Crippen LogP contribution < -0.4 is 10.6 Å². The highest BCUT2D eigenvalue weighted by atomic mass is 15.4. The van der Waals surface area contributed by atoms with E-state index in [1.165, 1.54) is 16.7 Å². The van der Waals surface area contributed by atoms with E-state index in [0.29, 0.717) is 6.54 Å². The van der Waals surface area contributed by atoms with E-state index in [0.717, 1.165) is 24.5 Å². The van der Waals surface area contributed by atoms with E-state index in [-0.39, 0.29) is 0 Å². The number of anilines is 1. The van der Waals surface area contributed by atoms with Gasteiger partial charge >= 0.3 is 0 Å². The fourth-order valence-electron chi connectivity index (χ4n) is 2.76. The van der Waals surface area contributed by atoms with Crippen LogP contribution in [0.25, 0.3) is 0 Å². The Balaban J connectivity index is 2.27. The highest BCUT2D eigenvalue weighted by Gasteiger charge is 2.16. The molecule has 20 heavy (non-hydrogen) atoms. The summed E-state index contributed by atoms with van der Waals surface area (Å²) in [5.74, 6) is 1.16. The fraction of sp³-hybridized carbons (Fsp3) is 0.438. The summed E-state index contributed by atoms with van der Waals surface area (Å²) >= 11 is 0. The van der Waals surface area contributed by atoms with Crippen molar-refractivity contribution in [1.82, 2.24) is 9.78 Å². The summed E-state index contributed by atoms with van der Waals surface area (Å²) in [7, 11) is 4.11. The lowest BCUT2D eigenvalue weighted by molar-refractivity contribution is 0.725. The van der Waals surface area contributed by atoms with Crippen molar-refractivity contribution in [2.24, 2.45) is 12.8 Å². The van der Waals surface area contributed by atoms with Crippen molar-refractivity contribution in [1.29, 1.82) is 0 Å². The van der Waals surface area contributed by atoms with Gasteiger partial charge in [-0.2, -0.15) is 5.10 Å². The lowest BCUT2D eigenvalue weighted by atomic mass is 10.1. The van der Waals surface area contributed by atoms with Crippen molar-refractivity contribution in [3.05, 3.63) is 46.6 Å². The average Bonchev–Trinajstić information content (AvgIpc) is 2.65. The molecule has 108 valence electrons. The van der Waals surface area contributed by atoms with Gasteiger partial charge in [-0.3, -0.25) is 4.68 Å². The summed E-state index contributed by atoms with van der Waals surface area (Å²) in [5.41, 5.74) is 10.7. The van der Waals surface area contributed by atoms with E-state index in [1.807, 2.05) is 11.7 Å². The van der Waals surface area contributed by atoms with E-state index >= 15 is 0 Å². The minimum atomic E-state index is 0.651. The first kappa shape index (κ1) is 14.6. The van der Waals surface area contributed by atoms with Crippen LogP contribution in [0.3, 0.4) is 0 Å². The lowest BCUT2D eigenvalue weighted by Gasteiger charge is -2.21. The van der Waals surface area contributed by atoms with Crippen LogP contribution in [-0.2, 0) is 20.0 Å². The van der Waals surface area contributed by atoms with Gasteiger partial charge in [-0.25, -0.2) is 0 Å². The number of nitrogens with two attached hydrogens (primary N) is 1. The monoisotopic (exact) mass is 272 g/mol. The molecule has 0 aliphatic carbocycles. The highest BCUT2D eigenvalue weighted by molar-refractivity contribution is 5.50. The zero-order valence-electron chi connectivity index (χ0n) is 12.8. The Hall–Kier alpha value is -1.81. The molecule has 2 aromatic rings. The molecule has 1 aromatic carbocycles. The Labute approximate surface area is 121 Å². The molecule has 0 aliphatic rings. The Morgan fingerprint density at radius 1 is 1.30 bits per heavy atom. The minimum Gasteiger partial charge on any atom is -0.355 e. The molecule has 2 rings (SSSR count). The maximum absolute atomic E-state index is 5.72. The van der Waals surface area contributed by atoms with Crippen LogP contribution in [-0.4, -0.2) is 23.4 Å². The first-order valence-electron chi connectivity index (χ1n) is 7.02. The van der Waals surface area contributed by atoms with Gasteiger partial charge in [0.15, 0.2) is 0 Å².